The van der Waals surface area contributed by atoms with E-state index in [1.54, 1.807) is 30.3 Å². The van der Waals surface area contributed by atoms with Crippen LogP contribution in [-0.2, 0) is 0 Å². The Bertz CT molecular complexity index is 981. The first kappa shape index (κ1) is 16.2. The number of allylic oxidation sites excluding steroid dienone is 3. The summed E-state index contributed by atoms with van der Waals surface area (Å²) < 4.78 is 0. The predicted molar refractivity (Wildman–Crippen MR) is 97.7 cm³/mol. The maximum absolute atomic E-state index is 12.8. The highest BCUT2D eigenvalue weighted by Crippen LogP contribution is 2.39. The molecule has 0 aromatic heterocycles. The second-order valence-electron chi connectivity index (χ2n) is 5.89. The van der Waals surface area contributed by atoms with E-state index in [2.05, 4.69) is 0 Å². The first-order valence-electron chi connectivity index (χ1n) is 7.75. The molecule has 4 heteroatoms. The fourth-order valence-corrected chi connectivity index (χ4v) is 2.88. The summed E-state index contributed by atoms with van der Waals surface area (Å²) in [5, 5.41) is 18.6. The first-order valence-corrected chi connectivity index (χ1v) is 7.75. The zero-order chi connectivity index (χ0) is 18.0. The van der Waals surface area contributed by atoms with E-state index in [1.165, 1.54) is 0 Å². The molecule has 0 aliphatic heterocycles. The second kappa shape index (κ2) is 6.47. The number of hydrogen-bond acceptors (Lipinski definition) is 4. The topological polar surface area (TPSA) is 67.9 Å². The van der Waals surface area contributed by atoms with Gasteiger partial charge >= 0.3 is 0 Å². The van der Waals surface area contributed by atoms with Gasteiger partial charge in [0.25, 0.3) is 0 Å². The van der Waals surface area contributed by atoms with Crippen LogP contribution in [0.25, 0.3) is 11.6 Å². The van der Waals surface area contributed by atoms with E-state index in [0.717, 1.165) is 11.3 Å². The minimum atomic E-state index is -0.162. The van der Waals surface area contributed by atoms with Crippen LogP contribution in [0.4, 0.5) is 5.69 Å². The molecule has 2 aromatic rings. The molecule has 0 bridgehead atoms. The molecule has 0 saturated heterocycles. The van der Waals surface area contributed by atoms with Crippen LogP contribution in [0.2, 0.25) is 0 Å². The van der Waals surface area contributed by atoms with Gasteiger partial charge in [-0.3, -0.25) is 4.79 Å². The number of nitrogens with zero attached hydrogens (tertiary/aromatic N) is 3. The van der Waals surface area contributed by atoms with E-state index in [-0.39, 0.29) is 11.4 Å². The molecule has 0 amide bonds. The highest BCUT2D eigenvalue weighted by atomic mass is 16.1. The molecule has 1 aliphatic rings. The number of carbonyl (C=O) groups is 1. The Kier molecular flexibility index (Phi) is 4.20. The van der Waals surface area contributed by atoms with Crippen LogP contribution in [0, 0.1) is 22.7 Å². The van der Waals surface area contributed by atoms with Gasteiger partial charge in [-0.05, 0) is 29.3 Å². The fourth-order valence-electron chi connectivity index (χ4n) is 2.88. The molecule has 2 aromatic carbocycles. The molecule has 0 saturated carbocycles. The number of hydrogen-bond donors (Lipinski definition) is 0. The minimum absolute atomic E-state index is 0.0468. The second-order valence-corrected chi connectivity index (χ2v) is 5.89. The quantitative estimate of drug-likeness (QED) is 0.621. The molecular formula is C21H15N3O. The van der Waals surface area contributed by atoms with Gasteiger partial charge in [-0.1, -0.05) is 36.4 Å². The molecule has 120 valence electrons. The van der Waals surface area contributed by atoms with Gasteiger partial charge in [-0.15, -0.1) is 0 Å². The normalized spacial score (nSPS) is 14.0. The molecule has 4 nitrogen and oxygen atoms in total. The van der Waals surface area contributed by atoms with Crippen molar-refractivity contribution < 1.29 is 4.79 Å². The van der Waals surface area contributed by atoms with Gasteiger partial charge in [0.1, 0.15) is 17.7 Å². The third-order valence-corrected chi connectivity index (χ3v) is 4.15. The van der Waals surface area contributed by atoms with Crippen LogP contribution in [0.5, 0.6) is 0 Å². The lowest BCUT2D eigenvalue weighted by molar-refractivity contribution is 0.104. The van der Waals surface area contributed by atoms with Crippen molar-refractivity contribution in [3.8, 4) is 12.1 Å². The maximum Gasteiger partial charge on any atom is 0.194 e. The first-order chi connectivity index (χ1) is 12.1. The van der Waals surface area contributed by atoms with Gasteiger partial charge < -0.3 is 4.90 Å². The molecule has 0 fully saturated rings. The van der Waals surface area contributed by atoms with Crippen LogP contribution in [0.1, 0.15) is 21.5 Å². The number of nitriles is 2. The van der Waals surface area contributed by atoms with E-state index in [4.69, 9.17) is 0 Å². The van der Waals surface area contributed by atoms with E-state index in [0.29, 0.717) is 22.3 Å². The number of fused-ring (bicyclic) bond motifs is 1. The number of rotatable bonds is 2. The van der Waals surface area contributed by atoms with Gasteiger partial charge in [0.05, 0.1) is 0 Å². The highest BCUT2D eigenvalue weighted by molar-refractivity contribution is 6.29. The smallest absolute Gasteiger partial charge is 0.194 e. The maximum atomic E-state index is 12.8. The number of Topliss-reactive ketones (excluding diaryl/α,β-unsaturated/α-hetero) is 1. The summed E-state index contributed by atoms with van der Waals surface area (Å²) in [7, 11) is 3.91. The summed E-state index contributed by atoms with van der Waals surface area (Å²) in [5.74, 6) is -0.162. The Labute approximate surface area is 146 Å². The summed E-state index contributed by atoms with van der Waals surface area (Å²) in [6.07, 6.45) is 1.74. The molecule has 0 heterocycles. The molecule has 0 unspecified atom stereocenters. The summed E-state index contributed by atoms with van der Waals surface area (Å²) in [4.78, 5) is 14.8. The summed E-state index contributed by atoms with van der Waals surface area (Å²) in [6, 6.07) is 18.6. The van der Waals surface area contributed by atoms with E-state index in [1.807, 2.05) is 55.4 Å². The van der Waals surface area contributed by atoms with Gasteiger partial charge in [0, 0.05) is 36.5 Å². The Morgan fingerprint density at radius 2 is 1.56 bits per heavy atom. The van der Waals surface area contributed by atoms with Gasteiger partial charge in [-0.25, -0.2) is 0 Å². The molecule has 0 spiro atoms. The summed E-state index contributed by atoms with van der Waals surface area (Å²) in [6.45, 7) is 0. The minimum Gasteiger partial charge on any atom is -0.378 e. The molecular weight excluding hydrogens is 310 g/mol. The summed E-state index contributed by atoms with van der Waals surface area (Å²) >= 11 is 0. The molecule has 3 rings (SSSR count). The van der Waals surface area contributed by atoms with Gasteiger partial charge in [0.2, 0.25) is 0 Å². The van der Waals surface area contributed by atoms with Crippen molar-refractivity contribution in [3.05, 3.63) is 76.4 Å². The lowest BCUT2D eigenvalue weighted by Gasteiger charge is -2.12. The lowest BCUT2D eigenvalue weighted by atomic mass is 9.98. The van der Waals surface area contributed by atoms with Crippen LogP contribution in [0.15, 0.2) is 59.7 Å². The zero-order valence-corrected chi connectivity index (χ0v) is 13.9. The third-order valence-electron chi connectivity index (χ3n) is 4.15. The van der Waals surface area contributed by atoms with Crippen LogP contribution in [0.3, 0.4) is 0 Å². The summed E-state index contributed by atoms with van der Waals surface area (Å²) in [5.41, 5.74) is 3.82. The van der Waals surface area contributed by atoms with Gasteiger partial charge in [-0.2, -0.15) is 10.5 Å². The highest BCUT2D eigenvalue weighted by Gasteiger charge is 2.32. The number of carbonyl (C=O) groups excluding carboxylic acids is 1. The van der Waals surface area contributed by atoms with E-state index >= 15 is 0 Å². The number of ketones is 1. The fraction of sp³-hybridized carbons (Fsp3) is 0.0952. The monoisotopic (exact) mass is 325 g/mol. The predicted octanol–water partition coefficient (Wildman–Crippen LogP) is 3.83. The number of anilines is 1. The Balaban J connectivity index is 2.18. The van der Waals surface area contributed by atoms with Gasteiger partial charge in [0.15, 0.2) is 5.78 Å². The number of benzene rings is 2. The van der Waals surface area contributed by atoms with E-state index < -0.39 is 0 Å². The molecule has 1 aliphatic carbocycles. The molecule has 0 N–H and O–H groups in total. The van der Waals surface area contributed by atoms with Crippen molar-refractivity contribution in [1.29, 1.82) is 10.5 Å². The molecule has 0 atom stereocenters. The average Bonchev–Trinajstić information content (AvgIpc) is 2.90. The van der Waals surface area contributed by atoms with Crippen molar-refractivity contribution in [2.45, 2.75) is 0 Å². The Morgan fingerprint density at radius 3 is 2.12 bits per heavy atom. The standard InChI is InChI=1S/C21H15N3O/c1-24(2)16-9-7-14(8-10-16)11-19-20(15(12-22)13-23)17-5-3-4-6-18(17)21(19)25/h3-11H,1-2H3. The van der Waals surface area contributed by atoms with Crippen LogP contribution in [-0.4, -0.2) is 19.9 Å². The van der Waals surface area contributed by atoms with Crippen molar-refractivity contribution >= 4 is 23.1 Å². The van der Waals surface area contributed by atoms with Crippen molar-refractivity contribution in [1.82, 2.24) is 0 Å². The van der Waals surface area contributed by atoms with E-state index in [9.17, 15) is 15.3 Å². The Morgan fingerprint density at radius 1 is 0.960 bits per heavy atom. The third kappa shape index (κ3) is 2.82. The largest absolute Gasteiger partial charge is 0.378 e. The van der Waals surface area contributed by atoms with Crippen molar-refractivity contribution in [3.63, 3.8) is 0 Å². The molecule has 0 radical (unpaired) electrons. The van der Waals surface area contributed by atoms with Crippen molar-refractivity contribution in [2.24, 2.45) is 0 Å². The molecule has 25 heavy (non-hydrogen) atoms. The average molecular weight is 325 g/mol. The van der Waals surface area contributed by atoms with Crippen molar-refractivity contribution in [2.75, 3.05) is 19.0 Å². The Hall–Kier alpha value is -3.63. The van der Waals surface area contributed by atoms with Crippen LogP contribution < -0.4 is 4.90 Å². The zero-order valence-electron chi connectivity index (χ0n) is 13.9. The SMILES string of the molecule is CN(C)c1ccc(C=C2C(=O)c3ccccc3C2=C(C#N)C#N)cc1. The lowest BCUT2D eigenvalue weighted by Crippen LogP contribution is -2.07. The van der Waals surface area contributed by atoms with Crippen LogP contribution >= 0.6 is 0 Å².